The van der Waals surface area contributed by atoms with Crippen molar-refractivity contribution >= 4 is 39.2 Å². The molecule has 138 valence electrons. The summed E-state index contributed by atoms with van der Waals surface area (Å²) in [6.45, 7) is 4.11. The topological polar surface area (TPSA) is 116 Å². The molecule has 1 aromatic carbocycles. The average molecular weight is 425 g/mol. The lowest BCUT2D eigenvalue weighted by Crippen LogP contribution is -2.23. The summed E-state index contributed by atoms with van der Waals surface area (Å²) in [5.41, 5.74) is 1.91. The molecule has 9 nitrogen and oxygen atoms in total. The van der Waals surface area contributed by atoms with Crippen LogP contribution in [0.1, 0.15) is 17.0 Å². The zero-order valence-electron chi connectivity index (χ0n) is 14.4. The smallest absolute Gasteiger partial charge is 0.328 e. The highest BCUT2D eigenvalue weighted by Crippen LogP contribution is 2.23. The van der Waals surface area contributed by atoms with Gasteiger partial charge in [-0.25, -0.2) is 0 Å². The minimum atomic E-state index is -0.719. The molecular formula is C16H17BrN4O5. The minimum Gasteiger partial charge on any atom is -0.454 e. The first-order valence-corrected chi connectivity index (χ1v) is 8.38. The van der Waals surface area contributed by atoms with Gasteiger partial charge in [-0.15, -0.1) is 0 Å². The Morgan fingerprint density at radius 1 is 1.35 bits per heavy atom. The molecule has 10 heteroatoms. The standard InChI is InChI=1S/C16H17BrN4O5/c1-9-4-5-13(12(17)6-9)18-14(22)8-26-15(23)7-20-11(3)16(21(24)25)10(2)19-20/h4-6H,7-8H2,1-3H3,(H,18,22). The van der Waals surface area contributed by atoms with Gasteiger partial charge in [-0.3, -0.25) is 24.4 Å². The number of hydrogen-bond acceptors (Lipinski definition) is 6. The summed E-state index contributed by atoms with van der Waals surface area (Å²) in [7, 11) is 0. The molecule has 26 heavy (non-hydrogen) atoms. The lowest BCUT2D eigenvalue weighted by molar-refractivity contribution is -0.386. The van der Waals surface area contributed by atoms with E-state index >= 15 is 0 Å². The summed E-state index contributed by atoms with van der Waals surface area (Å²) in [4.78, 5) is 34.2. The predicted octanol–water partition coefficient (Wildman–Crippen LogP) is 2.66. The number of carbonyl (C=O) groups is 2. The number of aromatic nitrogens is 2. The van der Waals surface area contributed by atoms with Crippen LogP contribution in [0.5, 0.6) is 0 Å². The highest BCUT2D eigenvalue weighted by atomic mass is 79.9. The van der Waals surface area contributed by atoms with Gasteiger partial charge in [0.05, 0.1) is 10.6 Å². The van der Waals surface area contributed by atoms with E-state index in [1.165, 1.54) is 18.5 Å². The number of halogens is 1. The summed E-state index contributed by atoms with van der Waals surface area (Å²) in [5.74, 6) is -1.22. The van der Waals surface area contributed by atoms with E-state index in [2.05, 4.69) is 26.3 Å². The number of benzene rings is 1. The molecule has 0 aliphatic carbocycles. The number of nitro groups is 1. The Morgan fingerprint density at radius 3 is 2.62 bits per heavy atom. The van der Waals surface area contributed by atoms with Crippen molar-refractivity contribution in [2.45, 2.75) is 27.3 Å². The normalized spacial score (nSPS) is 10.5. The molecule has 1 aromatic heterocycles. The van der Waals surface area contributed by atoms with Crippen LogP contribution in [0.3, 0.4) is 0 Å². The van der Waals surface area contributed by atoms with Gasteiger partial charge in [-0.2, -0.15) is 5.10 Å². The van der Waals surface area contributed by atoms with Crippen LogP contribution >= 0.6 is 15.9 Å². The van der Waals surface area contributed by atoms with Gasteiger partial charge in [0, 0.05) is 4.47 Å². The molecule has 2 aromatic rings. The van der Waals surface area contributed by atoms with Crippen molar-refractivity contribution in [2.24, 2.45) is 0 Å². The summed E-state index contributed by atoms with van der Waals surface area (Å²) >= 11 is 3.34. The summed E-state index contributed by atoms with van der Waals surface area (Å²) in [5, 5.41) is 17.5. The predicted molar refractivity (Wildman–Crippen MR) is 96.8 cm³/mol. The number of carbonyl (C=O) groups excluding carboxylic acids is 2. The fourth-order valence-electron chi connectivity index (χ4n) is 2.33. The SMILES string of the molecule is Cc1ccc(NC(=O)COC(=O)Cn2nc(C)c([N+](=O)[O-])c2C)c(Br)c1. The molecule has 0 aliphatic rings. The quantitative estimate of drug-likeness (QED) is 0.432. The second-order valence-electron chi connectivity index (χ2n) is 5.63. The fourth-order valence-corrected chi connectivity index (χ4v) is 2.92. The third-order valence-corrected chi connectivity index (χ3v) is 4.22. The Bertz CT molecular complexity index is 878. The molecule has 1 amide bonds. The van der Waals surface area contributed by atoms with Gasteiger partial charge in [-0.1, -0.05) is 6.07 Å². The van der Waals surface area contributed by atoms with E-state index in [1.54, 1.807) is 6.07 Å². The molecule has 1 N–H and O–H groups in total. The van der Waals surface area contributed by atoms with Crippen LogP contribution in [0.15, 0.2) is 22.7 Å². The van der Waals surface area contributed by atoms with Crippen LogP contribution < -0.4 is 5.32 Å². The Morgan fingerprint density at radius 2 is 2.04 bits per heavy atom. The molecule has 0 spiro atoms. The maximum Gasteiger partial charge on any atom is 0.328 e. The van der Waals surface area contributed by atoms with Crippen molar-refractivity contribution < 1.29 is 19.2 Å². The average Bonchev–Trinajstić information content (AvgIpc) is 2.82. The largest absolute Gasteiger partial charge is 0.454 e. The Hall–Kier alpha value is -2.75. The number of esters is 1. The Balaban J connectivity index is 1.91. The van der Waals surface area contributed by atoms with Crippen LogP contribution in [-0.4, -0.2) is 33.2 Å². The van der Waals surface area contributed by atoms with Crippen molar-refractivity contribution in [1.29, 1.82) is 0 Å². The van der Waals surface area contributed by atoms with Gasteiger partial charge in [-0.05, 0) is 54.4 Å². The van der Waals surface area contributed by atoms with E-state index in [4.69, 9.17) is 4.74 Å². The second-order valence-corrected chi connectivity index (χ2v) is 6.48. The fraction of sp³-hybridized carbons (Fsp3) is 0.312. The summed E-state index contributed by atoms with van der Waals surface area (Å²) in [6.07, 6.45) is 0. The number of hydrogen-bond donors (Lipinski definition) is 1. The van der Waals surface area contributed by atoms with E-state index in [0.29, 0.717) is 10.2 Å². The van der Waals surface area contributed by atoms with Crippen LogP contribution in [0.25, 0.3) is 0 Å². The molecular weight excluding hydrogens is 408 g/mol. The van der Waals surface area contributed by atoms with Crippen molar-refractivity contribution in [3.8, 4) is 0 Å². The maximum absolute atomic E-state index is 11.9. The second kappa shape index (κ2) is 8.09. The lowest BCUT2D eigenvalue weighted by Gasteiger charge is -2.09. The van der Waals surface area contributed by atoms with Gasteiger partial charge in [0.2, 0.25) is 0 Å². The molecule has 0 fully saturated rings. The first kappa shape index (κ1) is 19.6. The third-order valence-electron chi connectivity index (χ3n) is 3.57. The molecule has 0 atom stereocenters. The number of aryl methyl sites for hydroxylation is 2. The molecule has 0 saturated carbocycles. The molecule has 2 rings (SSSR count). The van der Waals surface area contributed by atoms with Crippen molar-refractivity contribution in [3.05, 3.63) is 49.7 Å². The summed E-state index contributed by atoms with van der Waals surface area (Å²) in [6, 6.07) is 5.41. The number of nitrogens with one attached hydrogen (secondary N) is 1. The van der Waals surface area contributed by atoms with Crippen LogP contribution in [0, 0.1) is 30.9 Å². The third kappa shape index (κ3) is 4.66. The van der Waals surface area contributed by atoms with Gasteiger partial charge in [0.25, 0.3) is 5.91 Å². The van der Waals surface area contributed by atoms with Crippen molar-refractivity contribution in [2.75, 3.05) is 11.9 Å². The van der Waals surface area contributed by atoms with E-state index in [9.17, 15) is 19.7 Å². The number of amides is 1. The highest BCUT2D eigenvalue weighted by Gasteiger charge is 2.23. The van der Waals surface area contributed by atoms with Crippen LogP contribution in [0.2, 0.25) is 0 Å². The Labute approximate surface area is 157 Å². The van der Waals surface area contributed by atoms with Crippen LogP contribution in [0.4, 0.5) is 11.4 Å². The van der Waals surface area contributed by atoms with E-state index in [-0.39, 0.29) is 23.6 Å². The monoisotopic (exact) mass is 424 g/mol. The molecule has 0 bridgehead atoms. The molecule has 0 saturated heterocycles. The van der Waals surface area contributed by atoms with Gasteiger partial charge < -0.3 is 10.1 Å². The zero-order chi connectivity index (χ0) is 19.4. The number of ether oxygens (including phenoxy) is 1. The number of anilines is 1. The van der Waals surface area contributed by atoms with Gasteiger partial charge >= 0.3 is 11.7 Å². The molecule has 0 radical (unpaired) electrons. The highest BCUT2D eigenvalue weighted by molar-refractivity contribution is 9.10. The minimum absolute atomic E-state index is 0.139. The maximum atomic E-state index is 11.9. The zero-order valence-corrected chi connectivity index (χ0v) is 16.0. The van der Waals surface area contributed by atoms with Crippen LogP contribution in [-0.2, 0) is 20.9 Å². The number of rotatable bonds is 6. The van der Waals surface area contributed by atoms with E-state index < -0.39 is 23.4 Å². The van der Waals surface area contributed by atoms with Crippen molar-refractivity contribution in [3.63, 3.8) is 0 Å². The number of nitrogens with zero attached hydrogens (tertiary/aromatic N) is 3. The molecule has 0 unspecified atom stereocenters. The Kier molecular flexibility index (Phi) is 6.09. The first-order chi connectivity index (χ1) is 12.2. The summed E-state index contributed by atoms with van der Waals surface area (Å²) < 4.78 is 6.81. The first-order valence-electron chi connectivity index (χ1n) is 7.59. The van der Waals surface area contributed by atoms with Gasteiger partial charge in [0.1, 0.15) is 17.9 Å². The van der Waals surface area contributed by atoms with Crippen molar-refractivity contribution in [1.82, 2.24) is 9.78 Å². The molecule has 1 heterocycles. The lowest BCUT2D eigenvalue weighted by atomic mass is 10.2. The van der Waals surface area contributed by atoms with Gasteiger partial charge in [0.15, 0.2) is 6.61 Å². The molecule has 0 aliphatic heterocycles. The van der Waals surface area contributed by atoms with E-state index in [1.807, 2.05) is 19.1 Å². The van der Waals surface area contributed by atoms with E-state index in [0.717, 1.165) is 5.56 Å².